The van der Waals surface area contributed by atoms with Gasteiger partial charge in [-0.2, -0.15) is 0 Å². The molecule has 4 rings (SSSR count). The van der Waals surface area contributed by atoms with Crippen LogP contribution in [0.4, 0.5) is 0 Å². The van der Waals surface area contributed by atoms with Gasteiger partial charge in [0, 0.05) is 13.2 Å². The molecule has 0 aliphatic carbocycles. The van der Waals surface area contributed by atoms with Crippen LogP contribution in [-0.2, 0) is 16.1 Å². The van der Waals surface area contributed by atoms with E-state index in [2.05, 4.69) is 45.2 Å². The van der Waals surface area contributed by atoms with Gasteiger partial charge in [-0.1, -0.05) is 55.1 Å². The summed E-state index contributed by atoms with van der Waals surface area (Å²) in [5, 5.41) is 14.5. The SMILES string of the molecule is CC(Sc1nnc(-c2cccs2)n1CC1CCCO1)C(=O)NCC(C)c1ccccc1. The van der Waals surface area contributed by atoms with Crippen LogP contribution in [0.25, 0.3) is 10.7 Å². The van der Waals surface area contributed by atoms with Crippen LogP contribution < -0.4 is 5.32 Å². The van der Waals surface area contributed by atoms with E-state index >= 15 is 0 Å². The lowest BCUT2D eigenvalue weighted by Crippen LogP contribution is -2.33. The molecule has 6 nitrogen and oxygen atoms in total. The monoisotopic (exact) mass is 456 g/mol. The van der Waals surface area contributed by atoms with Gasteiger partial charge in [-0.15, -0.1) is 21.5 Å². The van der Waals surface area contributed by atoms with Crippen molar-refractivity contribution in [1.29, 1.82) is 0 Å². The summed E-state index contributed by atoms with van der Waals surface area (Å²) in [6.45, 7) is 6.17. The van der Waals surface area contributed by atoms with Gasteiger partial charge in [-0.3, -0.25) is 9.36 Å². The molecule has 8 heteroatoms. The predicted octanol–water partition coefficient (Wildman–Crippen LogP) is 4.59. The van der Waals surface area contributed by atoms with Crippen LogP contribution in [0.15, 0.2) is 53.0 Å². The smallest absolute Gasteiger partial charge is 0.233 e. The number of hydrogen-bond donors (Lipinski definition) is 1. The summed E-state index contributed by atoms with van der Waals surface area (Å²) >= 11 is 3.10. The Morgan fingerprint density at radius 2 is 2.10 bits per heavy atom. The maximum Gasteiger partial charge on any atom is 0.233 e. The minimum Gasteiger partial charge on any atom is -0.376 e. The van der Waals surface area contributed by atoms with E-state index < -0.39 is 0 Å². The number of amides is 1. The maximum atomic E-state index is 12.8. The van der Waals surface area contributed by atoms with Crippen molar-refractivity contribution in [2.24, 2.45) is 0 Å². The number of nitrogens with one attached hydrogen (secondary N) is 1. The number of benzene rings is 1. The molecular weight excluding hydrogens is 428 g/mol. The number of carbonyl (C=O) groups excluding carboxylic acids is 1. The fourth-order valence-electron chi connectivity index (χ4n) is 3.63. The second-order valence-electron chi connectivity index (χ2n) is 7.85. The minimum absolute atomic E-state index is 0.0112. The van der Waals surface area contributed by atoms with Crippen LogP contribution in [0.2, 0.25) is 0 Å². The van der Waals surface area contributed by atoms with Crippen molar-refractivity contribution in [2.45, 2.75) is 55.7 Å². The molecule has 31 heavy (non-hydrogen) atoms. The average Bonchev–Trinajstić information content (AvgIpc) is 3.56. The van der Waals surface area contributed by atoms with Crippen LogP contribution in [0.3, 0.4) is 0 Å². The molecule has 3 heterocycles. The zero-order valence-corrected chi connectivity index (χ0v) is 19.5. The molecule has 1 N–H and O–H groups in total. The first-order valence-electron chi connectivity index (χ1n) is 10.7. The van der Waals surface area contributed by atoms with E-state index in [0.717, 1.165) is 35.3 Å². The van der Waals surface area contributed by atoms with Gasteiger partial charge >= 0.3 is 0 Å². The van der Waals surface area contributed by atoms with Gasteiger partial charge in [-0.05, 0) is 42.7 Å². The van der Waals surface area contributed by atoms with E-state index in [1.165, 1.54) is 17.3 Å². The van der Waals surface area contributed by atoms with E-state index in [9.17, 15) is 4.79 Å². The zero-order chi connectivity index (χ0) is 21.6. The maximum absolute atomic E-state index is 12.8. The fraction of sp³-hybridized carbons (Fsp3) is 0.435. The number of thiophene rings is 1. The largest absolute Gasteiger partial charge is 0.376 e. The fourth-order valence-corrected chi connectivity index (χ4v) is 5.23. The summed E-state index contributed by atoms with van der Waals surface area (Å²) in [5.74, 6) is 1.12. The van der Waals surface area contributed by atoms with Gasteiger partial charge in [0.25, 0.3) is 0 Å². The van der Waals surface area contributed by atoms with E-state index in [0.29, 0.717) is 13.1 Å². The topological polar surface area (TPSA) is 69.0 Å². The number of carbonyl (C=O) groups is 1. The number of thioether (sulfide) groups is 1. The Bertz CT molecular complexity index is 969. The molecule has 3 unspecified atom stereocenters. The normalized spacial score (nSPS) is 18.1. The molecule has 3 aromatic rings. The van der Waals surface area contributed by atoms with E-state index in [1.807, 2.05) is 36.6 Å². The lowest BCUT2D eigenvalue weighted by molar-refractivity contribution is -0.120. The summed E-state index contributed by atoms with van der Waals surface area (Å²) in [6.07, 6.45) is 2.30. The van der Waals surface area contributed by atoms with Gasteiger partial charge in [0.1, 0.15) is 0 Å². The number of aromatic nitrogens is 3. The molecular formula is C23H28N4O2S2. The quantitative estimate of drug-likeness (QED) is 0.477. The first-order chi connectivity index (χ1) is 15.1. The van der Waals surface area contributed by atoms with E-state index in [1.54, 1.807) is 11.3 Å². The average molecular weight is 457 g/mol. The number of hydrogen-bond acceptors (Lipinski definition) is 6. The molecule has 0 spiro atoms. The van der Waals surface area contributed by atoms with Gasteiger partial charge < -0.3 is 10.1 Å². The Hall–Kier alpha value is -2.16. The Morgan fingerprint density at radius 1 is 1.26 bits per heavy atom. The zero-order valence-electron chi connectivity index (χ0n) is 17.9. The molecule has 2 aromatic heterocycles. The summed E-state index contributed by atoms with van der Waals surface area (Å²) in [4.78, 5) is 13.8. The molecule has 0 radical (unpaired) electrons. The number of ether oxygens (including phenoxy) is 1. The number of rotatable bonds is 9. The molecule has 0 bridgehead atoms. The molecule has 3 atom stereocenters. The summed E-state index contributed by atoms with van der Waals surface area (Å²) in [7, 11) is 0. The standard InChI is InChI=1S/C23H28N4O2S2/c1-16(18-8-4-3-5-9-18)14-24-22(28)17(2)31-23-26-25-21(20-11-7-13-30-20)27(23)15-19-10-6-12-29-19/h3-5,7-9,11,13,16-17,19H,6,10,12,14-15H2,1-2H3,(H,24,28). The van der Waals surface area contributed by atoms with E-state index in [4.69, 9.17) is 4.74 Å². The highest BCUT2D eigenvalue weighted by molar-refractivity contribution is 8.00. The summed E-state index contributed by atoms with van der Waals surface area (Å²) < 4.78 is 7.97. The van der Waals surface area contributed by atoms with Crippen LogP contribution in [0, 0.1) is 0 Å². The third-order valence-electron chi connectivity index (χ3n) is 5.47. The predicted molar refractivity (Wildman–Crippen MR) is 125 cm³/mol. The third kappa shape index (κ3) is 5.56. The van der Waals surface area contributed by atoms with Gasteiger partial charge in [0.05, 0.1) is 22.8 Å². The van der Waals surface area contributed by atoms with Crippen molar-refractivity contribution in [3.05, 3.63) is 53.4 Å². The molecule has 1 aliphatic rings. The second-order valence-corrected chi connectivity index (χ2v) is 10.1. The molecule has 1 fully saturated rings. The molecule has 164 valence electrons. The summed E-state index contributed by atoms with van der Waals surface area (Å²) in [5.41, 5.74) is 1.22. The first kappa shape index (κ1) is 22.0. The van der Waals surface area contributed by atoms with Crippen molar-refractivity contribution in [1.82, 2.24) is 20.1 Å². The van der Waals surface area contributed by atoms with E-state index in [-0.39, 0.29) is 23.2 Å². The molecule has 1 aliphatic heterocycles. The van der Waals surface area contributed by atoms with Crippen molar-refractivity contribution < 1.29 is 9.53 Å². The van der Waals surface area contributed by atoms with Crippen LogP contribution >= 0.6 is 23.1 Å². The summed E-state index contributed by atoms with van der Waals surface area (Å²) in [6, 6.07) is 14.3. The third-order valence-corrected chi connectivity index (χ3v) is 7.42. The van der Waals surface area contributed by atoms with Crippen LogP contribution in [-0.4, -0.2) is 45.2 Å². The molecule has 1 aromatic carbocycles. The van der Waals surface area contributed by atoms with Gasteiger partial charge in [0.2, 0.25) is 5.91 Å². The minimum atomic E-state index is -0.272. The second kappa shape index (κ2) is 10.4. The Balaban J connectivity index is 1.42. The molecule has 1 amide bonds. The van der Waals surface area contributed by atoms with Crippen LogP contribution in [0.1, 0.15) is 38.2 Å². The van der Waals surface area contributed by atoms with Crippen molar-refractivity contribution in [3.63, 3.8) is 0 Å². The van der Waals surface area contributed by atoms with Crippen LogP contribution in [0.5, 0.6) is 0 Å². The molecule has 0 saturated carbocycles. The molecule has 1 saturated heterocycles. The first-order valence-corrected chi connectivity index (χ1v) is 12.5. The van der Waals surface area contributed by atoms with Gasteiger partial charge in [0.15, 0.2) is 11.0 Å². The highest BCUT2D eigenvalue weighted by Gasteiger charge is 2.25. The Morgan fingerprint density at radius 3 is 2.81 bits per heavy atom. The van der Waals surface area contributed by atoms with Crippen molar-refractivity contribution >= 4 is 29.0 Å². The van der Waals surface area contributed by atoms with Crippen molar-refractivity contribution in [2.75, 3.05) is 13.2 Å². The lowest BCUT2D eigenvalue weighted by atomic mass is 10.0. The highest BCUT2D eigenvalue weighted by atomic mass is 32.2. The Labute approximate surface area is 191 Å². The number of nitrogens with zero attached hydrogens (tertiary/aromatic N) is 3. The van der Waals surface area contributed by atoms with Crippen molar-refractivity contribution in [3.8, 4) is 10.7 Å². The highest BCUT2D eigenvalue weighted by Crippen LogP contribution is 2.30. The Kier molecular flexibility index (Phi) is 7.42. The lowest BCUT2D eigenvalue weighted by Gasteiger charge is -2.17. The van der Waals surface area contributed by atoms with Gasteiger partial charge in [-0.25, -0.2) is 0 Å².